The molecule has 2 unspecified atom stereocenters. The van der Waals surface area contributed by atoms with Crippen molar-refractivity contribution in [3.63, 3.8) is 0 Å². The molecule has 0 saturated heterocycles. The first-order valence-electron chi connectivity index (χ1n) is 7.94. The predicted octanol–water partition coefficient (Wildman–Crippen LogP) is 4.18. The molecule has 2 nitrogen and oxygen atoms in total. The fourth-order valence-corrected chi connectivity index (χ4v) is 2.68. The van der Waals surface area contributed by atoms with Gasteiger partial charge in [0, 0.05) is 18.1 Å². The first-order chi connectivity index (χ1) is 8.51. The molecule has 0 spiro atoms. The second-order valence-corrected chi connectivity index (χ2v) is 6.11. The topological polar surface area (TPSA) is 29.3 Å². The Morgan fingerprint density at radius 3 is 2.17 bits per heavy atom. The van der Waals surface area contributed by atoms with Gasteiger partial charge < -0.3 is 5.73 Å². The van der Waals surface area contributed by atoms with Crippen LogP contribution in [0.2, 0.25) is 0 Å². The van der Waals surface area contributed by atoms with Gasteiger partial charge in [-0.05, 0) is 33.7 Å². The summed E-state index contributed by atoms with van der Waals surface area (Å²) in [6.07, 6.45) is 10.5. The predicted molar refractivity (Wildman–Crippen MR) is 83.0 cm³/mol. The Morgan fingerprint density at radius 1 is 1.06 bits per heavy atom. The van der Waals surface area contributed by atoms with E-state index in [1.165, 1.54) is 51.4 Å². The summed E-state index contributed by atoms with van der Waals surface area (Å²) in [5.74, 6) is 0. The van der Waals surface area contributed by atoms with E-state index in [0.717, 1.165) is 6.54 Å². The van der Waals surface area contributed by atoms with Crippen molar-refractivity contribution < 1.29 is 0 Å². The maximum absolute atomic E-state index is 6.04. The third-order valence-corrected chi connectivity index (χ3v) is 4.48. The van der Waals surface area contributed by atoms with E-state index >= 15 is 0 Å². The average Bonchev–Trinajstić information content (AvgIpc) is 2.37. The number of rotatable bonds is 11. The quantitative estimate of drug-likeness (QED) is 0.562. The molecule has 2 atom stereocenters. The smallest absolute Gasteiger partial charge is 0.0303 e. The Balaban J connectivity index is 4.14. The summed E-state index contributed by atoms with van der Waals surface area (Å²) < 4.78 is 0. The minimum absolute atomic E-state index is 0.181. The van der Waals surface area contributed by atoms with E-state index in [0.29, 0.717) is 6.04 Å². The maximum atomic E-state index is 6.04. The van der Waals surface area contributed by atoms with Gasteiger partial charge in [-0.25, -0.2) is 0 Å². The highest BCUT2D eigenvalue weighted by Crippen LogP contribution is 2.24. The lowest BCUT2D eigenvalue weighted by Gasteiger charge is -2.42. The molecule has 0 saturated carbocycles. The zero-order valence-electron chi connectivity index (χ0n) is 13.5. The minimum Gasteiger partial charge on any atom is -0.329 e. The van der Waals surface area contributed by atoms with Crippen LogP contribution in [-0.2, 0) is 0 Å². The molecule has 0 bridgehead atoms. The highest BCUT2D eigenvalue weighted by atomic mass is 15.2. The summed E-state index contributed by atoms with van der Waals surface area (Å²) >= 11 is 0. The number of hydrogen-bond donors (Lipinski definition) is 1. The van der Waals surface area contributed by atoms with Crippen molar-refractivity contribution in [3.05, 3.63) is 0 Å². The third kappa shape index (κ3) is 6.19. The van der Waals surface area contributed by atoms with Gasteiger partial charge >= 0.3 is 0 Å². The van der Waals surface area contributed by atoms with Gasteiger partial charge in [0.15, 0.2) is 0 Å². The van der Waals surface area contributed by atoms with E-state index in [-0.39, 0.29) is 5.54 Å². The van der Waals surface area contributed by atoms with E-state index in [1.807, 2.05) is 0 Å². The zero-order valence-corrected chi connectivity index (χ0v) is 13.5. The fraction of sp³-hybridized carbons (Fsp3) is 1.00. The monoisotopic (exact) mass is 256 g/mol. The molecule has 0 aliphatic heterocycles. The largest absolute Gasteiger partial charge is 0.329 e. The van der Waals surface area contributed by atoms with Crippen molar-refractivity contribution in [2.75, 3.05) is 13.6 Å². The Kier molecular flexibility index (Phi) is 9.76. The number of hydrogen-bond acceptors (Lipinski definition) is 2. The van der Waals surface area contributed by atoms with E-state index in [2.05, 4.69) is 39.6 Å². The van der Waals surface area contributed by atoms with Gasteiger partial charge in [-0.2, -0.15) is 0 Å². The van der Waals surface area contributed by atoms with Crippen molar-refractivity contribution in [2.24, 2.45) is 5.73 Å². The SMILES string of the molecule is CCCCCCCC(C)(CN)N(C)C(C)CCC. The minimum atomic E-state index is 0.181. The van der Waals surface area contributed by atoms with Crippen LogP contribution in [0.1, 0.15) is 79.1 Å². The Hall–Kier alpha value is -0.0800. The molecule has 0 fully saturated rings. The van der Waals surface area contributed by atoms with Crippen molar-refractivity contribution in [1.82, 2.24) is 4.90 Å². The second-order valence-electron chi connectivity index (χ2n) is 6.11. The molecule has 0 aromatic rings. The lowest BCUT2D eigenvalue weighted by Crippen LogP contribution is -2.53. The van der Waals surface area contributed by atoms with Crippen molar-refractivity contribution in [1.29, 1.82) is 0 Å². The van der Waals surface area contributed by atoms with Crippen LogP contribution < -0.4 is 5.73 Å². The van der Waals surface area contributed by atoms with Crippen LogP contribution in [0.15, 0.2) is 0 Å². The summed E-state index contributed by atoms with van der Waals surface area (Å²) in [6.45, 7) is 9.96. The normalized spacial score (nSPS) is 16.8. The molecular weight excluding hydrogens is 220 g/mol. The molecule has 18 heavy (non-hydrogen) atoms. The number of unbranched alkanes of at least 4 members (excludes halogenated alkanes) is 4. The van der Waals surface area contributed by atoms with Gasteiger partial charge in [0.1, 0.15) is 0 Å². The van der Waals surface area contributed by atoms with E-state index in [4.69, 9.17) is 5.73 Å². The van der Waals surface area contributed by atoms with Crippen molar-refractivity contribution >= 4 is 0 Å². The first-order valence-corrected chi connectivity index (χ1v) is 7.94. The molecular formula is C16H36N2. The van der Waals surface area contributed by atoms with Gasteiger partial charge in [-0.15, -0.1) is 0 Å². The van der Waals surface area contributed by atoms with E-state index in [9.17, 15) is 0 Å². The second kappa shape index (κ2) is 9.80. The summed E-state index contributed by atoms with van der Waals surface area (Å²) in [7, 11) is 2.25. The Bertz CT molecular complexity index is 194. The fourth-order valence-electron chi connectivity index (χ4n) is 2.68. The molecule has 2 heteroatoms. The molecule has 0 aromatic heterocycles. The number of nitrogens with two attached hydrogens (primary N) is 1. The highest BCUT2D eigenvalue weighted by Gasteiger charge is 2.29. The van der Waals surface area contributed by atoms with Gasteiger partial charge in [0.25, 0.3) is 0 Å². The van der Waals surface area contributed by atoms with Crippen LogP contribution in [0.25, 0.3) is 0 Å². The van der Waals surface area contributed by atoms with E-state index in [1.54, 1.807) is 0 Å². The summed E-state index contributed by atoms with van der Waals surface area (Å²) in [6, 6.07) is 0.638. The van der Waals surface area contributed by atoms with Crippen LogP contribution in [-0.4, -0.2) is 30.1 Å². The van der Waals surface area contributed by atoms with Gasteiger partial charge in [0.2, 0.25) is 0 Å². The van der Waals surface area contributed by atoms with Crippen LogP contribution in [0, 0.1) is 0 Å². The van der Waals surface area contributed by atoms with E-state index < -0.39 is 0 Å². The molecule has 0 rings (SSSR count). The average molecular weight is 256 g/mol. The first kappa shape index (κ1) is 17.9. The van der Waals surface area contributed by atoms with Crippen LogP contribution >= 0.6 is 0 Å². The standard InChI is InChI=1S/C16H36N2/c1-6-8-9-10-11-13-16(4,14-17)18(5)15(3)12-7-2/h15H,6-14,17H2,1-5H3. The molecule has 0 heterocycles. The van der Waals surface area contributed by atoms with Crippen molar-refractivity contribution in [3.8, 4) is 0 Å². The highest BCUT2D eigenvalue weighted by molar-refractivity contribution is 4.88. The molecule has 0 aromatic carbocycles. The van der Waals surface area contributed by atoms with Gasteiger partial charge in [-0.3, -0.25) is 4.90 Å². The molecule has 2 N–H and O–H groups in total. The Labute approximate surface area is 115 Å². The number of nitrogens with zero attached hydrogens (tertiary/aromatic N) is 1. The van der Waals surface area contributed by atoms with Crippen LogP contribution in [0.3, 0.4) is 0 Å². The van der Waals surface area contributed by atoms with Gasteiger partial charge in [0.05, 0.1) is 0 Å². The summed E-state index contributed by atoms with van der Waals surface area (Å²) in [5.41, 5.74) is 6.22. The zero-order chi connectivity index (χ0) is 14.0. The Morgan fingerprint density at radius 2 is 1.67 bits per heavy atom. The molecule has 110 valence electrons. The third-order valence-electron chi connectivity index (χ3n) is 4.48. The molecule has 0 amide bonds. The summed E-state index contributed by atoms with van der Waals surface area (Å²) in [5, 5.41) is 0. The van der Waals surface area contributed by atoms with Crippen molar-refractivity contribution in [2.45, 2.75) is 90.6 Å². The molecule has 0 aliphatic carbocycles. The van der Waals surface area contributed by atoms with Crippen LogP contribution in [0.5, 0.6) is 0 Å². The maximum Gasteiger partial charge on any atom is 0.0303 e. The molecule has 0 aliphatic rings. The van der Waals surface area contributed by atoms with Gasteiger partial charge in [-0.1, -0.05) is 52.4 Å². The molecule has 0 radical (unpaired) electrons. The lowest BCUT2D eigenvalue weighted by molar-refractivity contribution is 0.0846. The van der Waals surface area contributed by atoms with Crippen LogP contribution in [0.4, 0.5) is 0 Å². The summed E-state index contributed by atoms with van der Waals surface area (Å²) in [4.78, 5) is 2.51. The lowest BCUT2D eigenvalue weighted by atomic mass is 9.90. The number of likely N-dealkylation sites (N-methyl/N-ethyl adjacent to an activating group) is 1.